The number of nitrogens with one attached hydrogen (secondary N) is 1. The van der Waals surface area contributed by atoms with E-state index < -0.39 is 0 Å². The molecule has 2 heterocycles. The first-order valence-corrected chi connectivity index (χ1v) is 6.78. The second-order valence-corrected chi connectivity index (χ2v) is 5.50. The standard InChI is InChI=1S/C15H21NO2/c1-17-14-6-4-12(5-7-14)15(10-18-11-15)9-13-3-2-8-16-13/h4-7,13,16H,2-3,8-11H2,1H3. The quantitative estimate of drug-likeness (QED) is 0.884. The Labute approximate surface area is 108 Å². The molecule has 0 aliphatic carbocycles. The highest BCUT2D eigenvalue weighted by Gasteiger charge is 2.42. The molecule has 1 unspecified atom stereocenters. The molecule has 1 aromatic carbocycles. The Morgan fingerprint density at radius 2 is 2.11 bits per heavy atom. The van der Waals surface area contributed by atoms with Gasteiger partial charge in [-0.15, -0.1) is 0 Å². The van der Waals surface area contributed by atoms with Gasteiger partial charge in [-0.3, -0.25) is 0 Å². The van der Waals surface area contributed by atoms with Crippen LogP contribution in [-0.4, -0.2) is 32.9 Å². The summed E-state index contributed by atoms with van der Waals surface area (Å²) in [6.07, 6.45) is 3.81. The van der Waals surface area contributed by atoms with Crippen LogP contribution in [0.5, 0.6) is 5.75 Å². The minimum Gasteiger partial charge on any atom is -0.497 e. The van der Waals surface area contributed by atoms with E-state index in [2.05, 4.69) is 29.6 Å². The third-order valence-corrected chi connectivity index (χ3v) is 4.26. The molecule has 3 rings (SSSR count). The van der Waals surface area contributed by atoms with Crippen molar-refractivity contribution < 1.29 is 9.47 Å². The van der Waals surface area contributed by atoms with Gasteiger partial charge in [0.1, 0.15) is 5.75 Å². The monoisotopic (exact) mass is 247 g/mol. The van der Waals surface area contributed by atoms with E-state index in [9.17, 15) is 0 Å². The van der Waals surface area contributed by atoms with Gasteiger partial charge in [0.25, 0.3) is 0 Å². The van der Waals surface area contributed by atoms with Crippen LogP contribution in [0.1, 0.15) is 24.8 Å². The number of hydrogen-bond donors (Lipinski definition) is 1. The van der Waals surface area contributed by atoms with Gasteiger partial charge in [-0.2, -0.15) is 0 Å². The molecule has 2 aliphatic rings. The Balaban J connectivity index is 1.76. The van der Waals surface area contributed by atoms with Crippen LogP contribution in [0.2, 0.25) is 0 Å². The maximum Gasteiger partial charge on any atom is 0.118 e. The zero-order chi connectivity index (χ0) is 12.4. The molecule has 3 nitrogen and oxygen atoms in total. The summed E-state index contributed by atoms with van der Waals surface area (Å²) in [7, 11) is 1.71. The van der Waals surface area contributed by atoms with Crippen molar-refractivity contribution in [2.45, 2.75) is 30.7 Å². The van der Waals surface area contributed by atoms with Crippen molar-refractivity contribution in [3.63, 3.8) is 0 Å². The number of ether oxygens (including phenoxy) is 2. The number of hydrogen-bond acceptors (Lipinski definition) is 3. The Hall–Kier alpha value is -1.06. The van der Waals surface area contributed by atoms with E-state index in [1.807, 2.05) is 0 Å². The normalized spacial score (nSPS) is 25.7. The SMILES string of the molecule is COc1ccc(C2(CC3CCCN3)COC2)cc1. The Morgan fingerprint density at radius 3 is 2.61 bits per heavy atom. The second-order valence-electron chi connectivity index (χ2n) is 5.50. The smallest absolute Gasteiger partial charge is 0.118 e. The summed E-state index contributed by atoms with van der Waals surface area (Å²) < 4.78 is 10.7. The van der Waals surface area contributed by atoms with E-state index >= 15 is 0 Å². The molecule has 1 aromatic rings. The highest BCUT2D eigenvalue weighted by molar-refractivity contribution is 5.34. The van der Waals surface area contributed by atoms with Gasteiger partial charge >= 0.3 is 0 Å². The van der Waals surface area contributed by atoms with E-state index in [0.29, 0.717) is 6.04 Å². The van der Waals surface area contributed by atoms with Crippen molar-refractivity contribution in [2.24, 2.45) is 0 Å². The molecule has 98 valence electrons. The average Bonchev–Trinajstić information content (AvgIpc) is 2.87. The lowest BCUT2D eigenvalue weighted by molar-refractivity contribution is -0.0679. The first kappa shape index (κ1) is 12.0. The number of rotatable bonds is 4. The van der Waals surface area contributed by atoms with Crippen molar-refractivity contribution in [1.82, 2.24) is 5.32 Å². The van der Waals surface area contributed by atoms with Gasteiger partial charge in [0.2, 0.25) is 0 Å². The summed E-state index contributed by atoms with van der Waals surface area (Å²) in [5, 5.41) is 3.59. The molecule has 1 atom stereocenters. The van der Waals surface area contributed by atoms with Gasteiger partial charge in [0.05, 0.1) is 20.3 Å². The molecule has 0 aromatic heterocycles. The molecule has 0 bridgehead atoms. The summed E-state index contributed by atoms with van der Waals surface area (Å²) in [5.74, 6) is 0.924. The van der Waals surface area contributed by atoms with Crippen LogP contribution in [0.15, 0.2) is 24.3 Å². The van der Waals surface area contributed by atoms with Crippen LogP contribution in [0.4, 0.5) is 0 Å². The lowest BCUT2D eigenvalue weighted by atomic mass is 9.73. The van der Waals surface area contributed by atoms with E-state index in [4.69, 9.17) is 9.47 Å². The van der Waals surface area contributed by atoms with Crippen molar-refractivity contribution in [3.8, 4) is 5.75 Å². The minimum atomic E-state index is 0.230. The van der Waals surface area contributed by atoms with E-state index in [-0.39, 0.29) is 5.41 Å². The van der Waals surface area contributed by atoms with Crippen LogP contribution < -0.4 is 10.1 Å². The fourth-order valence-electron chi connectivity index (χ4n) is 3.10. The molecule has 3 heteroatoms. The second kappa shape index (κ2) is 4.90. The Kier molecular flexibility index (Phi) is 3.27. The maximum atomic E-state index is 5.50. The Morgan fingerprint density at radius 1 is 1.33 bits per heavy atom. The lowest BCUT2D eigenvalue weighted by Gasteiger charge is -2.43. The van der Waals surface area contributed by atoms with Crippen molar-refractivity contribution in [3.05, 3.63) is 29.8 Å². The number of benzene rings is 1. The maximum absolute atomic E-state index is 5.50. The molecule has 0 spiro atoms. The van der Waals surface area contributed by atoms with Crippen LogP contribution in [0.25, 0.3) is 0 Å². The van der Waals surface area contributed by atoms with Gasteiger partial charge < -0.3 is 14.8 Å². The zero-order valence-corrected chi connectivity index (χ0v) is 10.9. The first-order valence-electron chi connectivity index (χ1n) is 6.78. The largest absolute Gasteiger partial charge is 0.497 e. The molecule has 0 radical (unpaired) electrons. The predicted molar refractivity (Wildman–Crippen MR) is 71.1 cm³/mol. The molecule has 2 aliphatic heterocycles. The van der Waals surface area contributed by atoms with Crippen LogP contribution in [0.3, 0.4) is 0 Å². The number of methoxy groups -OCH3 is 1. The summed E-state index contributed by atoms with van der Waals surface area (Å²) in [6, 6.07) is 9.15. The molecule has 1 N–H and O–H groups in total. The average molecular weight is 247 g/mol. The predicted octanol–water partition coefficient (Wildman–Crippen LogP) is 2.11. The van der Waals surface area contributed by atoms with E-state index in [0.717, 1.165) is 19.0 Å². The minimum absolute atomic E-state index is 0.230. The topological polar surface area (TPSA) is 30.5 Å². The summed E-state index contributed by atoms with van der Waals surface area (Å²) in [5.41, 5.74) is 1.62. The van der Waals surface area contributed by atoms with Gasteiger partial charge in [-0.1, -0.05) is 12.1 Å². The molecule has 2 saturated heterocycles. The zero-order valence-electron chi connectivity index (χ0n) is 10.9. The highest BCUT2D eigenvalue weighted by Crippen LogP contribution is 2.38. The van der Waals surface area contributed by atoms with Crippen LogP contribution in [0, 0.1) is 0 Å². The van der Waals surface area contributed by atoms with Crippen molar-refractivity contribution >= 4 is 0 Å². The third kappa shape index (κ3) is 2.13. The highest BCUT2D eigenvalue weighted by atomic mass is 16.5. The van der Waals surface area contributed by atoms with Crippen LogP contribution in [-0.2, 0) is 10.2 Å². The molecule has 0 amide bonds. The van der Waals surface area contributed by atoms with E-state index in [1.54, 1.807) is 7.11 Å². The summed E-state index contributed by atoms with van der Waals surface area (Å²) in [6.45, 7) is 2.89. The summed E-state index contributed by atoms with van der Waals surface area (Å²) in [4.78, 5) is 0. The van der Waals surface area contributed by atoms with Gasteiger partial charge in [0.15, 0.2) is 0 Å². The van der Waals surface area contributed by atoms with Crippen LogP contribution >= 0.6 is 0 Å². The fourth-order valence-corrected chi connectivity index (χ4v) is 3.10. The van der Waals surface area contributed by atoms with Crippen molar-refractivity contribution in [2.75, 3.05) is 26.9 Å². The van der Waals surface area contributed by atoms with Gasteiger partial charge in [-0.25, -0.2) is 0 Å². The molecular formula is C15H21NO2. The molecular weight excluding hydrogens is 226 g/mol. The lowest BCUT2D eigenvalue weighted by Crippen LogP contribution is -2.50. The Bertz CT molecular complexity index is 391. The summed E-state index contributed by atoms with van der Waals surface area (Å²) >= 11 is 0. The van der Waals surface area contributed by atoms with E-state index in [1.165, 1.54) is 31.4 Å². The molecule has 18 heavy (non-hydrogen) atoms. The first-order chi connectivity index (χ1) is 8.82. The third-order valence-electron chi connectivity index (χ3n) is 4.26. The molecule has 0 saturated carbocycles. The fraction of sp³-hybridized carbons (Fsp3) is 0.600. The van der Waals surface area contributed by atoms with Crippen molar-refractivity contribution in [1.29, 1.82) is 0 Å². The van der Waals surface area contributed by atoms with Gasteiger partial charge in [0, 0.05) is 11.5 Å². The molecule has 2 fully saturated rings. The van der Waals surface area contributed by atoms with Gasteiger partial charge in [-0.05, 0) is 43.5 Å².